The minimum absolute atomic E-state index is 0.102. The molecule has 0 bridgehead atoms. The SMILES string of the molecule is Fc1cccc(C2(CNC3CC3)CCC2)c1. The molecular weight excluding hydrogens is 201 g/mol. The van der Waals surface area contributed by atoms with Crippen LogP contribution in [0.1, 0.15) is 37.7 Å². The zero-order valence-corrected chi connectivity index (χ0v) is 9.51. The van der Waals surface area contributed by atoms with Crippen LogP contribution in [0.25, 0.3) is 0 Å². The maximum absolute atomic E-state index is 13.2. The average Bonchev–Trinajstić information content (AvgIpc) is 3.00. The van der Waals surface area contributed by atoms with Gasteiger partial charge in [0.05, 0.1) is 0 Å². The van der Waals surface area contributed by atoms with Crippen LogP contribution in [-0.4, -0.2) is 12.6 Å². The third-order valence-electron chi connectivity index (χ3n) is 4.05. The number of halogens is 1. The third-order valence-corrected chi connectivity index (χ3v) is 4.05. The Balaban J connectivity index is 1.77. The van der Waals surface area contributed by atoms with Gasteiger partial charge in [-0.05, 0) is 43.4 Å². The van der Waals surface area contributed by atoms with Crippen molar-refractivity contribution in [2.24, 2.45) is 0 Å². The van der Waals surface area contributed by atoms with Crippen molar-refractivity contribution < 1.29 is 4.39 Å². The Hall–Kier alpha value is -0.890. The molecule has 0 spiro atoms. The van der Waals surface area contributed by atoms with Gasteiger partial charge >= 0.3 is 0 Å². The van der Waals surface area contributed by atoms with E-state index in [1.165, 1.54) is 43.7 Å². The minimum atomic E-state index is -0.102. The molecule has 1 N–H and O–H groups in total. The van der Waals surface area contributed by atoms with Gasteiger partial charge in [0.15, 0.2) is 0 Å². The molecule has 0 aromatic heterocycles. The summed E-state index contributed by atoms with van der Waals surface area (Å²) in [4.78, 5) is 0. The van der Waals surface area contributed by atoms with Crippen LogP contribution in [-0.2, 0) is 5.41 Å². The van der Waals surface area contributed by atoms with Gasteiger partial charge in [-0.2, -0.15) is 0 Å². The highest BCUT2D eigenvalue weighted by Gasteiger charge is 2.39. The van der Waals surface area contributed by atoms with E-state index in [1.54, 1.807) is 6.07 Å². The normalized spacial score (nSPS) is 22.8. The molecule has 0 unspecified atom stereocenters. The van der Waals surface area contributed by atoms with E-state index in [0.29, 0.717) is 0 Å². The largest absolute Gasteiger partial charge is 0.313 e. The Morgan fingerprint density at radius 2 is 2.12 bits per heavy atom. The molecule has 0 saturated heterocycles. The summed E-state index contributed by atoms with van der Waals surface area (Å²) in [7, 11) is 0. The van der Waals surface area contributed by atoms with E-state index in [-0.39, 0.29) is 11.2 Å². The lowest BCUT2D eigenvalue weighted by molar-refractivity contribution is 0.232. The van der Waals surface area contributed by atoms with Crippen molar-refractivity contribution in [3.8, 4) is 0 Å². The van der Waals surface area contributed by atoms with E-state index < -0.39 is 0 Å². The zero-order valence-electron chi connectivity index (χ0n) is 9.51. The summed E-state index contributed by atoms with van der Waals surface area (Å²) in [6.07, 6.45) is 6.33. The molecule has 0 amide bonds. The van der Waals surface area contributed by atoms with Gasteiger partial charge in [-0.1, -0.05) is 18.6 Å². The van der Waals surface area contributed by atoms with Crippen LogP contribution in [0.4, 0.5) is 4.39 Å². The first-order chi connectivity index (χ1) is 7.78. The van der Waals surface area contributed by atoms with Gasteiger partial charge in [-0.15, -0.1) is 0 Å². The molecule has 2 aliphatic rings. The second-order valence-electron chi connectivity index (χ2n) is 5.30. The van der Waals surface area contributed by atoms with Gasteiger partial charge in [-0.3, -0.25) is 0 Å². The van der Waals surface area contributed by atoms with E-state index in [0.717, 1.165) is 12.6 Å². The Morgan fingerprint density at radius 3 is 2.69 bits per heavy atom. The molecule has 1 nitrogen and oxygen atoms in total. The van der Waals surface area contributed by atoms with Crippen molar-refractivity contribution in [3.63, 3.8) is 0 Å². The second-order valence-corrected chi connectivity index (χ2v) is 5.30. The topological polar surface area (TPSA) is 12.0 Å². The summed E-state index contributed by atoms with van der Waals surface area (Å²) in [5.41, 5.74) is 1.41. The first-order valence-electron chi connectivity index (χ1n) is 6.28. The maximum atomic E-state index is 13.2. The third kappa shape index (κ3) is 1.86. The van der Waals surface area contributed by atoms with Crippen molar-refractivity contribution in [2.45, 2.75) is 43.6 Å². The molecule has 0 aliphatic heterocycles. The molecule has 2 heteroatoms. The van der Waals surface area contributed by atoms with Gasteiger partial charge < -0.3 is 5.32 Å². The molecule has 2 fully saturated rings. The molecule has 3 rings (SSSR count). The zero-order chi connectivity index (χ0) is 11.0. The highest BCUT2D eigenvalue weighted by molar-refractivity contribution is 5.29. The van der Waals surface area contributed by atoms with E-state index in [4.69, 9.17) is 0 Å². The van der Waals surface area contributed by atoms with Crippen LogP contribution in [0.2, 0.25) is 0 Å². The number of benzene rings is 1. The van der Waals surface area contributed by atoms with Gasteiger partial charge in [0.1, 0.15) is 5.82 Å². The van der Waals surface area contributed by atoms with Crippen molar-refractivity contribution >= 4 is 0 Å². The summed E-state index contributed by atoms with van der Waals surface area (Å²) in [6, 6.07) is 7.90. The first kappa shape index (κ1) is 10.3. The molecular formula is C14H18FN. The fourth-order valence-corrected chi connectivity index (χ4v) is 2.62. The van der Waals surface area contributed by atoms with E-state index in [9.17, 15) is 4.39 Å². The summed E-state index contributed by atoms with van der Waals surface area (Å²) >= 11 is 0. The Labute approximate surface area is 96.1 Å². The van der Waals surface area contributed by atoms with Crippen LogP contribution < -0.4 is 5.32 Å². The van der Waals surface area contributed by atoms with Gasteiger partial charge in [0, 0.05) is 18.0 Å². The van der Waals surface area contributed by atoms with Crippen LogP contribution in [0.15, 0.2) is 24.3 Å². The summed E-state index contributed by atoms with van der Waals surface area (Å²) in [5, 5.41) is 3.59. The fraction of sp³-hybridized carbons (Fsp3) is 0.571. The van der Waals surface area contributed by atoms with E-state index >= 15 is 0 Å². The quantitative estimate of drug-likeness (QED) is 0.821. The maximum Gasteiger partial charge on any atom is 0.123 e. The summed E-state index contributed by atoms with van der Waals surface area (Å²) in [6.45, 7) is 1.03. The van der Waals surface area contributed by atoms with Crippen LogP contribution in [0, 0.1) is 5.82 Å². The molecule has 0 radical (unpaired) electrons. The van der Waals surface area contributed by atoms with Crippen LogP contribution in [0.5, 0.6) is 0 Å². The number of hydrogen-bond donors (Lipinski definition) is 1. The summed E-state index contributed by atoms with van der Waals surface area (Å²) < 4.78 is 13.2. The Morgan fingerprint density at radius 1 is 1.31 bits per heavy atom. The lowest BCUT2D eigenvalue weighted by Crippen LogP contribution is -2.44. The van der Waals surface area contributed by atoms with E-state index in [1.807, 2.05) is 6.07 Å². The van der Waals surface area contributed by atoms with Crippen LogP contribution >= 0.6 is 0 Å². The van der Waals surface area contributed by atoms with Crippen LogP contribution in [0.3, 0.4) is 0 Å². The number of rotatable bonds is 4. The molecule has 1 aromatic rings. The molecule has 2 saturated carbocycles. The van der Waals surface area contributed by atoms with Gasteiger partial charge in [-0.25, -0.2) is 4.39 Å². The van der Waals surface area contributed by atoms with E-state index in [2.05, 4.69) is 11.4 Å². The standard InChI is InChI=1S/C14H18FN/c15-12-4-1-3-11(9-12)14(7-2-8-14)10-16-13-5-6-13/h1,3-4,9,13,16H,2,5-8,10H2. The highest BCUT2D eigenvalue weighted by Crippen LogP contribution is 2.43. The Bertz CT molecular complexity index is 380. The lowest BCUT2D eigenvalue weighted by Gasteiger charge is -2.43. The lowest BCUT2D eigenvalue weighted by atomic mass is 9.64. The predicted molar refractivity (Wildman–Crippen MR) is 63.0 cm³/mol. The summed E-state index contributed by atoms with van der Waals surface area (Å²) in [5.74, 6) is -0.102. The molecule has 1 aromatic carbocycles. The molecule has 16 heavy (non-hydrogen) atoms. The Kier molecular flexibility index (Phi) is 2.47. The molecule has 0 atom stereocenters. The smallest absolute Gasteiger partial charge is 0.123 e. The highest BCUT2D eigenvalue weighted by atomic mass is 19.1. The first-order valence-corrected chi connectivity index (χ1v) is 6.28. The molecule has 0 heterocycles. The minimum Gasteiger partial charge on any atom is -0.313 e. The number of hydrogen-bond acceptors (Lipinski definition) is 1. The molecule has 86 valence electrons. The monoisotopic (exact) mass is 219 g/mol. The van der Waals surface area contributed by atoms with Crippen molar-refractivity contribution in [2.75, 3.05) is 6.54 Å². The van der Waals surface area contributed by atoms with Gasteiger partial charge in [0.2, 0.25) is 0 Å². The van der Waals surface area contributed by atoms with Crippen molar-refractivity contribution in [1.29, 1.82) is 0 Å². The second kappa shape index (κ2) is 3.85. The number of nitrogens with one attached hydrogen (secondary N) is 1. The van der Waals surface area contributed by atoms with Crippen molar-refractivity contribution in [3.05, 3.63) is 35.6 Å². The van der Waals surface area contributed by atoms with Crippen molar-refractivity contribution in [1.82, 2.24) is 5.32 Å². The molecule has 2 aliphatic carbocycles. The average molecular weight is 219 g/mol. The van der Waals surface area contributed by atoms with Gasteiger partial charge in [0.25, 0.3) is 0 Å². The predicted octanol–water partition coefficient (Wildman–Crippen LogP) is 3.00. The fourth-order valence-electron chi connectivity index (χ4n) is 2.62.